The molecule has 3 N–H and O–H groups in total. The largest absolute Gasteiger partial charge is 0.384 e. The van der Waals surface area contributed by atoms with Gasteiger partial charge in [0, 0.05) is 43.1 Å². The second-order valence-corrected chi connectivity index (χ2v) is 16.5. The summed E-state index contributed by atoms with van der Waals surface area (Å²) in [7, 11) is 0. The van der Waals surface area contributed by atoms with Gasteiger partial charge in [-0.15, -0.1) is 6.58 Å². The van der Waals surface area contributed by atoms with E-state index in [1.54, 1.807) is 54.9 Å². The number of aromatic nitrogens is 5. The van der Waals surface area contributed by atoms with Crippen molar-refractivity contribution in [1.82, 2.24) is 39.4 Å². The van der Waals surface area contributed by atoms with E-state index < -0.39 is 35.3 Å². The Bertz CT molecular complexity index is 2620. The average Bonchev–Trinajstić information content (AvgIpc) is 3.91. The fourth-order valence-electron chi connectivity index (χ4n) is 8.99. The standard InChI is InChI=1S/C44H46N10O6/c1-4-19-52-40(57)33-24-45-43(49-38(33)54(52)36-7-5-6-35(47-36)44(2,3)60)46-28-10-8-26(9-11-28)27-16-20-50(21-17-27)30-18-22-51(25-30)29-12-13-31-32(23-29)42(59)53(41(31)58)34-14-15-37(55)48-39(34)56/h4-13,23-24,27,30,34,60H,1,14-22,25H2,2-3H3,(H,45,46,49)(H,48,55,56). The summed E-state index contributed by atoms with van der Waals surface area (Å²) in [5.41, 5.74) is 2.93. The van der Waals surface area contributed by atoms with Gasteiger partial charge in [0.2, 0.25) is 17.8 Å². The number of fused-ring (bicyclic) bond motifs is 2. The van der Waals surface area contributed by atoms with Crippen molar-refractivity contribution in [3.8, 4) is 5.82 Å². The summed E-state index contributed by atoms with van der Waals surface area (Å²) >= 11 is 0. The number of benzene rings is 2. The fourth-order valence-corrected chi connectivity index (χ4v) is 8.99. The first-order valence-electron chi connectivity index (χ1n) is 20.4. The number of pyridine rings is 1. The van der Waals surface area contributed by atoms with Crippen molar-refractivity contribution in [2.75, 3.05) is 36.4 Å². The number of imide groups is 2. The minimum atomic E-state index is -1.18. The van der Waals surface area contributed by atoms with Crippen LogP contribution in [0.2, 0.25) is 0 Å². The van der Waals surface area contributed by atoms with Crippen LogP contribution in [-0.2, 0) is 21.7 Å². The van der Waals surface area contributed by atoms with Crippen molar-refractivity contribution in [3.05, 3.63) is 112 Å². The van der Waals surface area contributed by atoms with Crippen LogP contribution in [0.15, 0.2) is 84.3 Å². The number of piperidine rings is 2. The second-order valence-electron chi connectivity index (χ2n) is 16.5. The molecule has 4 aliphatic rings. The SMILES string of the molecule is C=CCn1c(=O)c2cnc(Nc3ccc(C4CCN(C5CCN(c6ccc7c(c6)C(=O)N(C6CCC(=O)NC6=O)C7=O)C5)CC4)cc3)nc2n1-c1cccc(C(C)(C)O)n1. The third-order valence-electron chi connectivity index (χ3n) is 12.2. The van der Waals surface area contributed by atoms with Gasteiger partial charge in [0.25, 0.3) is 17.4 Å². The maximum absolute atomic E-state index is 13.4. The van der Waals surface area contributed by atoms with Gasteiger partial charge in [-0.2, -0.15) is 4.98 Å². The lowest BCUT2D eigenvalue weighted by molar-refractivity contribution is -0.136. The fraction of sp³-hybridized carbons (Fsp3) is 0.364. The van der Waals surface area contributed by atoms with Gasteiger partial charge >= 0.3 is 0 Å². The summed E-state index contributed by atoms with van der Waals surface area (Å²) in [6, 6.07) is 18.3. The lowest BCUT2D eigenvalue weighted by atomic mass is 9.88. The minimum absolute atomic E-state index is 0.0845. The molecule has 3 fully saturated rings. The van der Waals surface area contributed by atoms with E-state index in [0.29, 0.717) is 46.0 Å². The number of allylic oxidation sites excluding steroid dienone is 1. The first kappa shape index (κ1) is 39.0. The molecule has 0 spiro atoms. The van der Waals surface area contributed by atoms with E-state index in [0.717, 1.165) is 61.7 Å². The van der Waals surface area contributed by atoms with Crippen molar-refractivity contribution in [1.29, 1.82) is 0 Å². The first-order valence-corrected chi connectivity index (χ1v) is 20.4. The van der Waals surface area contributed by atoms with Crippen molar-refractivity contribution in [3.63, 3.8) is 0 Å². The number of nitrogens with zero attached hydrogens (tertiary/aromatic N) is 8. The summed E-state index contributed by atoms with van der Waals surface area (Å²) in [5, 5.41) is 16.5. The normalized spacial score (nSPS) is 20.2. The van der Waals surface area contributed by atoms with Crippen molar-refractivity contribution in [2.45, 2.75) is 76.1 Å². The number of aliphatic hydroxyl groups is 1. The van der Waals surface area contributed by atoms with Crippen LogP contribution in [0.25, 0.3) is 16.9 Å². The van der Waals surface area contributed by atoms with Gasteiger partial charge in [0.1, 0.15) is 17.0 Å². The summed E-state index contributed by atoms with van der Waals surface area (Å²) < 4.78 is 3.14. The molecule has 0 radical (unpaired) electrons. The topological polar surface area (TPSA) is 188 Å². The molecule has 7 heterocycles. The van der Waals surface area contributed by atoms with Crippen LogP contribution in [-0.4, -0.2) is 101 Å². The zero-order chi connectivity index (χ0) is 41.9. The Labute approximate surface area is 345 Å². The zero-order valence-corrected chi connectivity index (χ0v) is 33.5. The third kappa shape index (κ3) is 7.04. The van der Waals surface area contributed by atoms with Crippen LogP contribution >= 0.6 is 0 Å². The highest BCUT2D eigenvalue weighted by molar-refractivity contribution is 6.23. The van der Waals surface area contributed by atoms with Crippen molar-refractivity contribution < 1.29 is 24.3 Å². The smallest absolute Gasteiger partial charge is 0.278 e. The number of anilines is 3. The van der Waals surface area contributed by atoms with E-state index >= 15 is 0 Å². The van der Waals surface area contributed by atoms with Crippen LogP contribution in [0, 0.1) is 0 Å². The molecule has 60 heavy (non-hydrogen) atoms. The monoisotopic (exact) mass is 810 g/mol. The summed E-state index contributed by atoms with van der Waals surface area (Å²) in [4.78, 5) is 83.8. The maximum Gasteiger partial charge on any atom is 0.278 e. The number of carbonyl (C=O) groups is 4. The van der Waals surface area contributed by atoms with Crippen LogP contribution in [0.3, 0.4) is 0 Å². The van der Waals surface area contributed by atoms with E-state index in [1.165, 1.54) is 16.4 Å². The summed E-state index contributed by atoms with van der Waals surface area (Å²) in [5.74, 6) is -0.821. The number of rotatable bonds is 10. The Balaban J connectivity index is 0.828. The summed E-state index contributed by atoms with van der Waals surface area (Å²) in [6.07, 6.45) is 6.40. The van der Waals surface area contributed by atoms with E-state index in [-0.39, 0.29) is 30.5 Å². The molecule has 9 rings (SSSR count). The number of nitrogens with one attached hydrogen (secondary N) is 2. The van der Waals surface area contributed by atoms with Crippen LogP contribution in [0.1, 0.15) is 83.8 Å². The molecule has 0 aliphatic carbocycles. The van der Waals surface area contributed by atoms with Crippen LogP contribution in [0.5, 0.6) is 0 Å². The third-order valence-corrected chi connectivity index (χ3v) is 12.2. The molecule has 2 atom stereocenters. The Morgan fingerprint density at radius 2 is 1.68 bits per heavy atom. The quantitative estimate of drug-likeness (QED) is 0.136. The van der Waals surface area contributed by atoms with Crippen LogP contribution < -0.4 is 21.1 Å². The number of carbonyl (C=O) groups excluding carboxylic acids is 4. The molecule has 4 amide bonds. The molecule has 16 heteroatoms. The Kier molecular flexibility index (Phi) is 9.91. The Hall–Kier alpha value is -6.52. The van der Waals surface area contributed by atoms with E-state index in [1.807, 2.05) is 18.2 Å². The molecule has 3 saturated heterocycles. The zero-order valence-electron chi connectivity index (χ0n) is 33.5. The Morgan fingerprint density at radius 3 is 2.42 bits per heavy atom. The minimum Gasteiger partial charge on any atom is -0.384 e. The predicted octanol–water partition coefficient (Wildman–Crippen LogP) is 3.99. The molecule has 2 unspecified atom stereocenters. The lowest BCUT2D eigenvalue weighted by Gasteiger charge is -2.36. The number of likely N-dealkylation sites (tertiary alicyclic amines) is 1. The molecular formula is C44H46N10O6. The molecule has 0 bridgehead atoms. The molecule has 16 nitrogen and oxygen atoms in total. The summed E-state index contributed by atoms with van der Waals surface area (Å²) in [6.45, 7) is 10.9. The van der Waals surface area contributed by atoms with Gasteiger partial charge < -0.3 is 15.3 Å². The first-order chi connectivity index (χ1) is 28.9. The van der Waals surface area contributed by atoms with Crippen molar-refractivity contribution in [2.24, 2.45) is 0 Å². The van der Waals surface area contributed by atoms with Gasteiger partial charge in [0.15, 0.2) is 11.5 Å². The molecule has 2 aromatic carbocycles. The maximum atomic E-state index is 13.4. The number of hydrogen-bond donors (Lipinski definition) is 3. The van der Waals surface area contributed by atoms with Crippen LogP contribution in [0.4, 0.5) is 17.3 Å². The molecule has 0 saturated carbocycles. The predicted molar refractivity (Wildman–Crippen MR) is 223 cm³/mol. The molecule has 4 aliphatic heterocycles. The second kappa shape index (κ2) is 15.3. The van der Waals surface area contributed by atoms with Crippen molar-refractivity contribution >= 4 is 52.0 Å². The van der Waals surface area contributed by atoms with E-state index in [9.17, 15) is 29.1 Å². The number of amides is 4. The van der Waals surface area contributed by atoms with Gasteiger partial charge in [0.05, 0.1) is 23.4 Å². The molecule has 308 valence electrons. The molecular weight excluding hydrogens is 765 g/mol. The van der Waals surface area contributed by atoms with Gasteiger partial charge in [-0.05, 0) is 107 Å². The lowest BCUT2D eigenvalue weighted by Crippen LogP contribution is -2.54. The molecule has 5 aromatic rings. The van der Waals surface area contributed by atoms with Gasteiger partial charge in [-0.25, -0.2) is 19.3 Å². The highest BCUT2D eigenvalue weighted by Crippen LogP contribution is 2.35. The number of hydrogen-bond acceptors (Lipinski definition) is 12. The molecule has 3 aromatic heterocycles. The highest BCUT2D eigenvalue weighted by atomic mass is 16.3. The average molecular weight is 811 g/mol. The Morgan fingerprint density at radius 1 is 0.917 bits per heavy atom. The van der Waals surface area contributed by atoms with Gasteiger partial charge in [-0.3, -0.25) is 39.1 Å². The van der Waals surface area contributed by atoms with E-state index in [4.69, 9.17) is 4.98 Å². The van der Waals surface area contributed by atoms with Gasteiger partial charge in [-0.1, -0.05) is 24.3 Å². The highest BCUT2D eigenvalue weighted by Gasteiger charge is 2.45. The van der Waals surface area contributed by atoms with E-state index in [2.05, 4.69) is 49.1 Å².